The molecule has 0 aliphatic carbocycles. The van der Waals surface area contributed by atoms with E-state index in [1.54, 1.807) is 13.0 Å². The molecule has 0 fully saturated rings. The van der Waals surface area contributed by atoms with Gasteiger partial charge in [0.2, 0.25) is 0 Å². The fourth-order valence-electron chi connectivity index (χ4n) is 1.74. The van der Waals surface area contributed by atoms with E-state index in [4.69, 9.17) is 5.11 Å². The minimum absolute atomic E-state index is 0.150. The van der Waals surface area contributed by atoms with Crippen LogP contribution in [-0.4, -0.2) is 18.5 Å². The highest BCUT2D eigenvalue weighted by atomic mass is 32.2. The lowest BCUT2D eigenvalue weighted by molar-refractivity contribution is 0.285. The molecule has 0 unspecified atom stereocenters. The number of hydrogen-bond donors (Lipinski definition) is 2. The van der Waals surface area contributed by atoms with Crippen molar-refractivity contribution in [3.8, 4) is 0 Å². The first-order chi connectivity index (χ1) is 9.37. The molecule has 5 nitrogen and oxygen atoms in total. The summed E-state index contributed by atoms with van der Waals surface area (Å²) in [5.74, 6) is 0. The van der Waals surface area contributed by atoms with Crippen molar-refractivity contribution in [3.63, 3.8) is 0 Å². The van der Waals surface area contributed by atoms with Crippen molar-refractivity contribution in [3.05, 3.63) is 27.1 Å². The van der Waals surface area contributed by atoms with E-state index < -0.39 is 10.0 Å². The first kappa shape index (κ1) is 15.4. The van der Waals surface area contributed by atoms with Crippen molar-refractivity contribution >= 4 is 37.8 Å². The van der Waals surface area contributed by atoms with E-state index in [0.29, 0.717) is 10.0 Å². The van der Waals surface area contributed by atoms with Crippen LogP contribution in [0.3, 0.4) is 0 Å². The van der Waals surface area contributed by atoms with E-state index >= 15 is 0 Å². The average molecular weight is 332 g/mol. The maximum absolute atomic E-state index is 12.3. The highest BCUT2D eigenvalue weighted by Crippen LogP contribution is 2.29. The van der Waals surface area contributed by atoms with Crippen molar-refractivity contribution < 1.29 is 13.5 Å². The molecule has 20 heavy (non-hydrogen) atoms. The Hall–Kier alpha value is -0.960. The standard InChI is InChI=1S/C12H16N2O3S3/c1-4-9-8(3)18-12(13-9)14-20(16,17)11-5-7(2)10(6-15)19-11/h5,15H,4,6H2,1-3H3,(H,13,14). The fraction of sp³-hybridized carbons (Fsp3) is 0.417. The number of rotatable bonds is 5. The van der Waals surface area contributed by atoms with Gasteiger partial charge in [-0.05, 0) is 31.9 Å². The van der Waals surface area contributed by atoms with Crippen LogP contribution >= 0.6 is 22.7 Å². The van der Waals surface area contributed by atoms with Crippen molar-refractivity contribution in [1.82, 2.24) is 4.98 Å². The van der Waals surface area contributed by atoms with E-state index in [0.717, 1.165) is 33.9 Å². The molecule has 0 atom stereocenters. The Morgan fingerprint density at radius 3 is 2.55 bits per heavy atom. The zero-order valence-corrected chi connectivity index (χ0v) is 13.9. The second-order valence-electron chi connectivity index (χ2n) is 4.31. The molecule has 2 aromatic heterocycles. The van der Waals surface area contributed by atoms with Crippen LogP contribution in [0.5, 0.6) is 0 Å². The van der Waals surface area contributed by atoms with Crippen LogP contribution in [-0.2, 0) is 23.1 Å². The van der Waals surface area contributed by atoms with Crippen LogP contribution in [0.4, 0.5) is 5.13 Å². The monoisotopic (exact) mass is 332 g/mol. The third-order valence-corrected chi connectivity index (χ3v) is 6.95. The number of thiazole rings is 1. The van der Waals surface area contributed by atoms with Gasteiger partial charge >= 0.3 is 0 Å². The second kappa shape index (κ2) is 5.80. The summed E-state index contributed by atoms with van der Waals surface area (Å²) < 4.78 is 27.3. The van der Waals surface area contributed by atoms with Crippen molar-refractivity contribution in [2.24, 2.45) is 0 Å². The van der Waals surface area contributed by atoms with Crippen LogP contribution in [0.1, 0.15) is 27.9 Å². The number of sulfonamides is 1. The van der Waals surface area contributed by atoms with E-state index in [2.05, 4.69) is 9.71 Å². The minimum Gasteiger partial charge on any atom is -0.391 e. The first-order valence-electron chi connectivity index (χ1n) is 6.06. The zero-order chi connectivity index (χ0) is 14.9. The molecule has 0 bridgehead atoms. The number of anilines is 1. The Morgan fingerprint density at radius 1 is 1.35 bits per heavy atom. The molecular formula is C12H16N2O3S3. The molecule has 0 aromatic carbocycles. The Kier molecular flexibility index (Phi) is 4.48. The third-order valence-electron chi connectivity index (χ3n) is 2.86. The summed E-state index contributed by atoms with van der Waals surface area (Å²) >= 11 is 2.41. The molecule has 8 heteroatoms. The molecule has 0 amide bonds. The lowest BCUT2D eigenvalue weighted by Crippen LogP contribution is -2.11. The van der Waals surface area contributed by atoms with Gasteiger partial charge in [-0.15, -0.1) is 22.7 Å². The summed E-state index contributed by atoms with van der Waals surface area (Å²) in [5.41, 5.74) is 1.69. The molecule has 0 spiro atoms. The number of thiophene rings is 1. The molecule has 2 N–H and O–H groups in total. The molecule has 0 aliphatic rings. The van der Waals surface area contributed by atoms with Crippen molar-refractivity contribution in [2.45, 2.75) is 38.0 Å². The summed E-state index contributed by atoms with van der Waals surface area (Å²) in [4.78, 5) is 5.95. The van der Waals surface area contributed by atoms with Gasteiger partial charge in [-0.2, -0.15) is 0 Å². The summed E-state index contributed by atoms with van der Waals surface area (Å²) in [7, 11) is -3.63. The van der Waals surface area contributed by atoms with Gasteiger partial charge < -0.3 is 5.11 Å². The molecule has 0 aliphatic heterocycles. The number of hydrogen-bond acceptors (Lipinski definition) is 6. The second-order valence-corrected chi connectivity index (χ2v) is 8.56. The normalized spacial score (nSPS) is 11.8. The molecule has 0 radical (unpaired) electrons. The van der Waals surface area contributed by atoms with Crippen LogP contribution in [0.25, 0.3) is 0 Å². The Bertz CT molecular complexity index is 716. The summed E-state index contributed by atoms with van der Waals surface area (Å²) in [6.07, 6.45) is 0.775. The van der Waals surface area contributed by atoms with Gasteiger partial charge in [0.1, 0.15) is 4.21 Å². The van der Waals surface area contributed by atoms with Crippen LogP contribution in [0.2, 0.25) is 0 Å². The summed E-state index contributed by atoms with van der Waals surface area (Å²) in [6, 6.07) is 1.57. The molecule has 0 saturated heterocycles. The third kappa shape index (κ3) is 3.03. The number of aliphatic hydroxyl groups is 1. The highest BCUT2D eigenvalue weighted by molar-refractivity contribution is 7.94. The van der Waals surface area contributed by atoms with Crippen molar-refractivity contribution in [2.75, 3.05) is 4.72 Å². The number of nitrogens with zero attached hydrogens (tertiary/aromatic N) is 1. The number of aliphatic hydroxyl groups excluding tert-OH is 1. The smallest absolute Gasteiger partial charge is 0.273 e. The Morgan fingerprint density at radius 2 is 2.05 bits per heavy atom. The largest absolute Gasteiger partial charge is 0.391 e. The number of aromatic nitrogens is 1. The maximum atomic E-state index is 12.3. The molecule has 2 aromatic rings. The van der Waals surface area contributed by atoms with Gasteiger partial charge in [-0.25, -0.2) is 13.4 Å². The fourth-order valence-corrected chi connectivity index (χ4v) is 5.33. The SMILES string of the molecule is CCc1nc(NS(=O)(=O)c2cc(C)c(CO)s2)sc1C. The molecule has 0 saturated carbocycles. The predicted molar refractivity (Wildman–Crippen MR) is 82.0 cm³/mol. The Labute approximate surface area is 126 Å². The van der Waals surface area contributed by atoms with E-state index in [1.807, 2.05) is 13.8 Å². The van der Waals surface area contributed by atoms with E-state index in [1.165, 1.54) is 11.3 Å². The van der Waals surface area contributed by atoms with Gasteiger partial charge in [0.15, 0.2) is 5.13 Å². The molecule has 110 valence electrons. The topological polar surface area (TPSA) is 79.3 Å². The lowest BCUT2D eigenvalue weighted by Gasteiger charge is -2.01. The quantitative estimate of drug-likeness (QED) is 0.882. The van der Waals surface area contributed by atoms with Gasteiger partial charge in [0.05, 0.1) is 12.3 Å². The number of aryl methyl sites for hydroxylation is 3. The number of nitrogens with one attached hydrogen (secondary N) is 1. The van der Waals surface area contributed by atoms with Gasteiger partial charge in [0.25, 0.3) is 10.0 Å². The van der Waals surface area contributed by atoms with Gasteiger partial charge in [-0.3, -0.25) is 4.72 Å². The maximum Gasteiger partial charge on any atom is 0.273 e. The average Bonchev–Trinajstić information content (AvgIpc) is 2.92. The highest BCUT2D eigenvalue weighted by Gasteiger charge is 2.20. The van der Waals surface area contributed by atoms with Gasteiger partial charge in [-0.1, -0.05) is 6.92 Å². The minimum atomic E-state index is -3.63. The lowest BCUT2D eigenvalue weighted by atomic mass is 10.3. The summed E-state index contributed by atoms with van der Waals surface area (Å²) in [6.45, 7) is 5.54. The van der Waals surface area contributed by atoms with E-state index in [-0.39, 0.29) is 10.8 Å². The van der Waals surface area contributed by atoms with Crippen LogP contribution in [0, 0.1) is 13.8 Å². The molecule has 2 heterocycles. The zero-order valence-electron chi connectivity index (χ0n) is 11.4. The summed E-state index contributed by atoms with van der Waals surface area (Å²) in [5, 5.41) is 9.53. The van der Waals surface area contributed by atoms with Crippen LogP contribution < -0.4 is 4.72 Å². The van der Waals surface area contributed by atoms with Crippen molar-refractivity contribution in [1.29, 1.82) is 0 Å². The molecular weight excluding hydrogens is 316 g/mol. The first-order valence-corrected chi connectivity index (χ1v) is 9.18. The van der Waals surface area contributed by atoms with Gasteiger partial charge in [0, 0.05) is 9.75 Å². The predicted octanol–water partition coefficient (Wildman–Crippen LogP) is 2.68. The molecule has 2 rings (SSSR count). The van der Waals surface area contributed by atoms with Crippen LogP contribution in [0.15, 0.2) is 10.3 Å². The Balaban J connectivity index is 2.30. The van der Waals surface area contributed by atoms with E-state index in [9.17, 15) is 8.42 Å².